The third-order valence-electron chi connectivity index (χ3n) is 13.2. The van der Waals surface area contributed by atoms with Gasteiger partial charge in [-0.2, -0.15) is 0 Å². The molecular weight excluding hydrogens is 739 g/mol. The van der Waals surface area contributed by atoms with E-state index in [4.69, 9.17) is 9.97 Å². The van der Waals surface area contributed by atoms with Crippen LogP contribution < -0.4 is 5.22 Å². The van der Waals surface area contributed by atoms with Gasteiger partial charge < -0.3 is 4.57 Å². The Balaban J connectivity index is 1.16. The first-order valence-corrected chi connectivity index (χ1v) is 21.5. The van der Waals surface area contributed by atoms with Gasteiger partial charge in [0.1, 0.15) is 0 Å². The van der Waals surface area contributed by atoms with Crippen LogP contribution in [0.1, 0.15) is 30.7 Å². The third-order valence-corrected chi connectivity index (χ3v) is 13.2. The molecule has 0 N–H and O–H groups in total. The fourth-order valence-corrected chi connectivity index (χ4v) is 10.6. The van der Waals surface area contributed by atoms with E-state index in [-0.39, 0.29) is 0 Å². The monoisotopic (exact) mass is 777 g/mol. The summed E-state index contributed by atoms with van der Waals surface area (Å²) < 4.78 is 2.54. The van der Waals surface area contributed by atoms with Crippen molar-refractivity contribution in [2.75, 3.05) is 0 Å². The van der Waals surface area contributed by atoms with E-state index in [1.807, 2.05) is 0 Å². The summed E-state index contributed by atoms with van der Waals surface area (Å²) in [6.45, 7) is 0. The predicted molar refractivity (Wildman–Crippen MR) is 255 cm³/mol. The van der Waals surface area contributed by atoms with E-state index in [1.54, 1.807) is 0 Å². The van der Waals surface area contributed by atoms with Crippen LogP contribution in [0.2, 0.25) is 0 Å². The van der Waals surface area contributed by atoms with Gasteiger partial charge in [0.05, 0.1) is 22.4 Å². The summed E-state index contributed by atoms with van der Waals surface area (Å²) in [7, 11) is 0. The minimum absolute atomic E-state index is 0.763. The van der Waals surface area contributed by atoms with E-state index in [0.29, 0.717) is 0 Å². The molecule has 0 atom stereocenters. The van der Waals surface area contributed by atoms with Crippen LogP contribution in [0.3, 0.4) is 0 Å². The Labute approximate surface area is 354 Å². The van der Waals surface area contributed by atoms with Gasteiger partial charge in [0.2, 0.25) is 0 Å². The number of rotatable bonds is 6. The Morgan fingerprint density at radius 3 is 1.92 bits per heavy atom. The van der Waals surface area contributed by atoms with E-state index in [1.165, 1.54) is 87.5 Å². The van der Waals surface area contributed by atoms with Crippen LogP contribution in [-0.2, 0) is 6.42 Å². The van der Waals surface area contributed by atoms with Gasteiger partial charge in [0.15, 0.2) is 5.82 Å². The molecule has 61 heavy (non-hydrogen) atoms. The van der Waals surface area contributed by atoms with Crippen LogP contribution in [0, 0.1) is 0 Å². The highest BCUT2D eigenvalue weighted by Crippen LogP contribution is 2.55. The molecule has 0 aliphatic heterocycles. The molecule has 2 aromatic heterocycles. The summed E-state index contributed by atoms with van der Waals surface area (Å²) in [6, 6.07) is 60.2. The van der Waals surface area contributed by atoms with E-state index < -0.39 is 0 Å². The summed E-state index contributed by atoms with van der Waals surface area (Å²) >= 11 is 0. The summed E-state index contributed by atoms with van der Waals surface area (Å²) in [5.74, 6) is 0.763. The average molecular weight is 778 g/mol. The normalized spacial score (nSPS) is 13.8. The van der Waals surface area contributed by atoms with Crippen LogP contribution >= 0.6 is 0 Å². The Hall–Kier alpha value is -7.62. The molecule has 0 unspecified atom stereocenters. The van der Waals surface area contributed by atoms with E-state index in [2.05, 4.69) is 193 Å². The number of nitrogens with zero attached hydrogens (tertiary/aromatic N) is 3. The number of benzene rings is 7. The first kappa shape index (κ1) is 34.3. The molecule has 0 bridgehead atoms. The largest absolute Gasteiger partial charge is 0.309 e. The standard InChI is InChI=1S/C58H39N3/c1-5-17-36(18-6-1)46-34-50-56-55-49(61(50)42-27-15-26-41(33-42)48-35-47(37-19-7-2-8-20-37)59-58(60-48)40-23-11-4-12-24-40)32-31-39-25-16-30-45(52(39)55)51(38-21-9-3-10-22-38)54-44-29-14-13-28-43(44)53(46)57(54)56/h1-3,5-11,13-15,17-24,26-35H,4,12,16,25H2. The molecule has 2 heterocycles. The van der Waals surface area contributed by atoms with E-state index in [9.17, 15) is 0 Å². The fraction of sp³-hybridized carbons (Fsp3) is 0.0690. The second kappa shape index (κ2) is 13.5. The van der Waals surface area contributed by atoms with Crippen molar-refractivity contribution in [2.45, 2.75) is 25.7 Å². The van der Waals surface area contributed by atoms with Gasteiger partial charge in [-0.15, -0.1) is 0 Å². The Kier molecular flexibility index (Phi) is 7.56. The lowest BCUT2D eigenvalue weighted by Gasteiger charge is -2.16. The van der Waals surface area contributed by atoms with E-state index in [0.717, 1.165) is 65.3 Å². The SMILES string of the molecule is C1=CC(c2nc(-c3ccccc3)cc(-c3cccc(-n4c5cc(-c6ccccc6)c6c7c5c5c8c(ccc54)CCC=c8c(-c4ccccc4)c-7c4ccccc46)c3)n2)=CCC1. The highest BCUT2D eigenvalue weighted by atomic mass is 15.0. The molecule has 3 heteroatoms. The maximum Gasteiger partial charge on any atom is 0.160 e. The van der Waals surface area contributed by atoms with Gasteiger partial charge in [0, 0.05) is 38.7 Å². The smallest absolute Gasteiger partial charge is 0.160 e. The van der Waals surface area contributed by atoms with Gasteiger partial charge in [-0.25, -0.2) is 9.97 Å². The second-order valence-electron chi connectivity index (χ2n) is 16.6. The van der Waals surface area contributed by atoms with Gasteiger partial charge in [-0.05, 0) is 116 Å². The van der Waals surface area contributed by atoms with Crippen molar-refractivity contribution in [1.82, 2.24) is 14.5 Å². The third kappa shape index (κ3) is 5.17. The maximum absolute atomic E-state index is 5.28. The molecule has 4 aliphatic rings. The number of aryl methyl sites for hydroxylation is 1. The number of hydrogen-bond acceptors (Lipinski definition) is 2. The van der Waals surface area contributed by atoms with Crippen molar-refractivity contribution < 1.29 is 0 Å². The first-order valence-electron chi connectivity index (χ1n) is 21.5. The number of aromatic nitrogens is 3. The molecule has 9 aromatic rings. The minimum atomic E-state index is 0.763. The minimum Gasteiger partial charge on any atom is -0.309 e. The summed E-state index contributed by atoms with van der Waals surface area (Å²) in [5, 5.41) is 9.37. The van der Waals surface area contributed by atoms with Crippen molar-refractivity contribution in [3.8, 4) is 61.6 Å². The van der Waals surface area contributed by atoms with Crippen LogP contribution in [-0.4, -0.2) is 14.5 Å². The number of allylic oxidation sites excluding steroid dienone is 4. The number of hydrogen-bond donors (Lipinski definition) is 0. The topological polar surface area (TPSA) is 30.7 Å². The number of fused-ring (bicyclic) bond motifs is 3. The van der Waals surface area contributed by atoms with Crippen LogP contribution in [0.25, 0.3) is 117 Å². The van der Waals surface area contributed by atoms with Gasteiger partial charge in [-0.3, -0.25) is 0 Å². The van der Waals surface area contributed by atoms with Crippen molar-refractivity contribution in [2.24, 2.45) is 0 Å². The zero-order chi connectivity index (χ0) is 40.0. The molecule has 286 valence electrons. The van der Waals surface area contributed by atoms with Gasteiger partial charge in [0.25, 0.3) is 0 Å². The molecule has 0 fully saturated rings. The highest BCUT2D eigenvalue weighted by Gasteiger charge is 2.31. The maximum atomic E-state index is 5.28. The molecule has 0 saturated carbocycles. The van der Waals surface area contributed by atoms with Gasteiger partial charge >= 0.3 is 0 Å². The lowest BCUT2D eigenvalue weighted by molar-refractivity contribution is 1.03. The van der Waals surface area contributed by atoms with Crippen molar-refractivity contribution in [3.63, 3.8) is 0 Å². The summed E-state index contributed by atoms with van der Waals surface area (Å²) in [6.07, 6.45) is 13.3. The predicted octanol–water partition coefficient (Wildman–Crippen LogP) is 14.3. The van der Waals surface area contributed by atoms with Crippen molar-refractivity contribution >= 4 is 55.0 Å². The molecule has 7 aromatic carbocycles. The zero-order valence-electron chi connectivity index (χ0n) is 33.6. The highest BCUT2D eigenvalue weighted by molar-refractivity contribution is 6.36. The van der Waals surface area contributed by atoms with Crippen LogP contribution in [0.4, 0.5) is 0 Å². The van der Waals surface area contributed by atoms with Gasteiger partial charge in [-0.1, -0.05) is 158 Å². The average Bonchev–Trinajstić information content (AvgIpc) is 3.81. The lowest BCUT2D eigenvalue weighted by Crippen LogP contribution is -2.12. The first-order chi connectivity index (χ1) is 30.3. The fourth-order valence-electron chi connectivity index (χ4n) is 10.6. The van der Waals surface area contributed by atoms with Crippen molar-refractivity contribution in [1.29, 1.82) is 0 Å². The zero-order valence-corrected chi connectivity index (χ0v) is 33.6. The Bertz CT molecular complexity index is 3610. The molecule has 0 radical (unpaired) electrons. The van der Waals surface area contributed by atoms with Crippen LogP contribution in [0.15, 0.2) is 182 Å². The lowest BCUT2D eigenvalue weighted by atomic mass is 9.90. The molecule has 0 saturated heterocycles. The Morgan fingerprint density at radius 1 is 0.443 bits per heavy atom. The van der Waals surface area contributed by atoms with E-state index >= 15 is 0 Å². The molecule has 4 aliphatic carbocycles. The molecule has 13 rings (SSSR count). The molecule has 0 amide bonds. The summed E-state index contributed by atoms with van der Waals surface area (Å²) in [5.41, 5.74) is 17.8. The second-order valence-corrected chi connectivity index (χ2v) is 16.6. The molecule has 3 nitrogen and oxygen atoms in total. The van der Waals surface area contributed by atoms with Crippen molar-refractivity contribution in [3.05, 3.63) is 199 Å². The Morgan fingerprint density at radius 2 is 1.15 bits per heavy atom. The molecule has 0 spiro atoms. The quantitative estimate of drug-likeness (QED) is 0.168. The summed E-state index contributed by atoms with van der Waals surface area (Å²) in [4.78, 5) is 10.4. The molecular formula is C58H39N3. The van der Waals surface area contributed by atoms with Crippen LogP contribution in [0.5, 0.6) is 0 Å².